The quantitative estimate of drug-likeness (QED) is 0.478. The molecule has 0 spiro atoms. The van der Waals surface area contributed by atoms with E-state index < -0.39 is 0 Å². The molecule has 0 saturated heterocycles. The lowest BCUT2D eigenvalue weighted by Crippen LogP contribution is -2.46. The molecule has 1 aliphatic heterocycles. The zero-order chi connectivity index (χ0) is 22.7. The molecule has 3 aromatic rings. The van der Waals surface area contributed by atoms with Crippen LogP contribution in [0.25, 0.3) is 17.0 Å². The fourth-order valence-corrected chi connectivity index (χ4v) is 4.21. The van der Waals surface area contributed by atoms with Crippen molar-refractivity contribution in [2.75, 3.05) is 13.7 Å². The number of aryl methyl sites for hydroxylation is 1. The second-order valence-electron chi connectivity index (χ2n) is 7.95. The Labute approximate surface area is 194 Å². The molecule has 1 aromatic heterocycles. The minimum absolute atomic E-state index is 0.167. The molecule has 1 aliphatic rings. The standard InChI is InChI=1S/C25H28N4O2S/c1-5-6-14-29-17(3)21(22(26-25(29)32)18-12-10-16(2)11-13-18)24-27-23(28-31-24)19-8-7-9-20(15-19)30-4/h7-13,15,22H,5-6,14H2,1-4H3,(H,26,32). The SMILES string of the molecule is CCCCN1C(=S)NC(c2ccc(C)cc2)C(c2nc(-c3cccc(OC)c3)no2)=C1C. The first-order valence-electron chi connectivity index (χ1n) is 10.9. The Morgan fingerprint density at radius 2 is 1.94 bits per heavy atom. The number of hydrogen-bond acceptors (Lipinski definition) is 5. The van der Waals surface area contributed by atoms with Gasteiger partial charge < -0.3 is 19.5 Å². The highest BCUT2D eigenvalue weighted by Gasteiger charge is 2.33. The van der Waals surface area contributed by atoms with Crippen LogP contribution in [-0.2, 0) is 0 Å². The van der Waals surface area contributed by atoms with Crippen LogP contribution in [0.15, 0.2) is 58.8 Å². The number of aromatic nitrogens is 2. The molecule has 0 fully saturated rings. The smallest absolute Gasteiger partial charge is 0.258 e. The maximum atomic E-state index is 5.80. The lowest BCUT2D eigenvalue weighted by Gasteiger charge is -2.37. The Bertz CT molecular complexity index is 1140. The number of ether oxygens (including phenoxy) is 1. The summed E-state index contributed by atoms with van der Waals surface area (Å²) in [5, 5.41) is 8.49. The Morgan fingerprint density at radius 1 is 1.16 bits per heavy atom. The summed E-state index contributed by atoms with van der Waals surface area (Å²) < 4.78 is 11.1. The van der Waals surface area contributed by atoms with Gasteiger partial charge in [-0.25, -0.2) is 0 Å². The van der Waals surface area contributed by atoms with E-state index in [0.29, 0.717) is 11.7 Å². The summed E-state index contributed by atoms with van der Waals surface area (Å²) in [6, 6.07) is 15.9. The molecule has 2 aromatic carbocycles. The van der Waals surface area contributed by atoms with Gasteiger partial charge in [-0.1, -0.05) is 60.5 Å². The van der Waals surface area contributed by atoms with Crippen molar-refractivity contribution in [1.29, 1.82) is 0 Å². The van der Waals surface area contributed by atoms with Crippen LogP contribution < -0.4 is 10.1 Å². The maximum absolute atomic E-state index is 5.80. The van der Waals surface area contributed by atoms with Crippen LogP contribution in [0.3, 0.4) is 0 Å². The molecule has 2 heterocycles. The number of nitrogens with one attached hydrogen (secondary N) is 1. The van der Waals surface area contributed by atoms with E-state index in [4.69, 9.17) is 26.5 Å². The molecule has 7 heteroatoms. The highest BCUT2D eigenvalue weighted by molar-refractivity contribution is 7.80. The topological polar surface area (TPSA) is 63.4 Å². The van der Waals surface area contributed by atoms with Gasteiger partial charge in [0.05, 0.1) is 18.7 Å². The van der Waals surface area contributed by atoms with Crippen LogP contribution in [0.5, 0.6) is 5.75 Å². The molecule has 0 aliphatic carbocycles. The highest BCUT2D eigenvalue weighted by atomic mass is 32.1. The molecule has 0 amide bonds. The van der Waals surface area contributed by atoms with Gasteiger partial charge in [0.25, 0.3) is 5.89 Å². The zero-order valence-corrected chi connectivity index (χ0v) is 19.7. The van der Waals surface area contributed by atoms with E-state index in [1.807, 2.05) is 24.3 Å². The Morgan fingerprint density at radius 3 is 2.66 bits per heavy atom. The number of rotatable bonds is 7. The van der Waals surface area contributed by atoms with Gasteiger partial charge in [-0.05, 0) is 50.2 Å². The first kappa shape index (κ1) is 22.0. The summed E-state index contributed by atoms with van der Waals surface area (Å²) in [6.45, 7) is 7.17. The normalized spacial score (nSPS) is 16.3. The fraction of sp³-hybridized carbons (Fsp3) is 0.320. The lowest BCUT2D eigenvalue weighted by molar-refractivity contribution is 0.395. The van der Waals surface area contributed by atoms with Gasteiger partial charge in [-0.15, -0.1) is 0 Å². The van der Waals surface area contributed by atoms with E-state index in [1.165, 1.54) is 5.56 Å². The van der Waals surface area contributed by atoms with Gasteiger partial charge in [-0.3, -0.25) is 0 Å². The second-order valence-corrected chi connectivity index (χ2v) is 8.34. The molecule has 4 rings (SSSR count). The number of allylic oxidation sites excluding steroid dienone is 1. The average molecular weight is 449 g/mol. The predicted molar refractivity (Wildman–Crippen MR) is 130 cm³/mol. The number of benzene rings is 2. The van der Waals surface area contributed by atoms with Crippen LogP contribution in [0.2, 0.25) is 0 Å². The van der Waals surface area contributed by atoms with E-state index in [2.05, 4.69) is 60.4 Å². The number of thiocarbonyl (C=S) groups is 1. The van der Waals surface area contributed by atoms with Gasteiger partial charge in [0.15, 0.2) is 5.11 Å². The molecular weight excluding hydrogens is 420 g/mol. The van der Waals surface area contributed by atoms with Crippen LogP contribution in [0.1, 0.15) is 49.7 Å². The highest BCUT2D eigenvalue weighted by Crippen LogP contribution is 2.37. The maximum Gasteiger partial charge on any atom is 0.258 e. The Balaban J connectivity index is 1.79. The van der Waals surface area contributed by atoms with Crippen LogP contribution in [0.4, 0.5) is 0 Å². The van der Waals surface area contributed by atoms with Crippen molar-refractivity contribution in [3.8, 4) is 17.1 Å². The molecule has 32 heavy (non-hydrogen) atoms. The van der Waals surface area contributed by atoms with Crippen LogP contribution in [-0.4, -0.2) is 33.8 Å². The van der Waals surface area contributed by atoms with E-state index >= 15 is 0 Å². The molecule has 6 nitrogen and oxygen atoms in total. The summed E-state index contributed by atoms with van der Waals surface area (Å²) in [6.07, 6.45) is 2.13. The fourth-order valence-electron chi connectivity index (χ4n) is 3.87. The van der Waals surface area contributed by atoms with Gasteiger partial charge >= 0.3 is 0 Å². The summed E-state index contributed by atoms with van der Waals surface area (Å²) in [7, 11) is 1.64. The molecule has 1 atom stereocenters. The van der Waals surface area contributed by atoms with Gasteiger partial charge in [0.1, 0.15) is 5.75 Å². The lowest BCUT2D eigenvalue weighted by atomic mass is 9.94. The van der Waals surface area contributed by atoms with E-state index in [1.54, 1.807) is 7.11 Å². The molecule has 0 bridgehead atoms. The molecule has 1 N–H and O–H groups in total. The Hall–Kier alpha value is -3.19. The van der Waals surface area contributed by atoms with Crippen LogP contribution in [0, 0.1) is 6.92 Å². The molecule has 1 unspecified atom stereocenters. The number of nitrogens with zero attached hydrogens (tertiary/aromatic N) is 3. The van der Waals surface area contributed by atoms with E-state index in [-0.39, 0.29) is 6.04 Å². The summed E-state index contributed by atoms with van der Waals surface area (Å²) in [5.41, 5.74) is 5.13. The Kier molecular flexibility index (Phi) is 6.55. The second kappa shape index (κ2) is 9.53. The van der Waals surface area contributed by atoms with Crippen molar-refractivity contribution in [3.05, 3.63) is 71.2 Å². The first-order chi connectivity index (χ1) is 15.5. The molecule has 0 saturated carbocycles. The number of methoxy groups -OCH3 is 1. The minimum atomic E-state index is -0.167. The van der Waals surface area contributed by atoms with E-state index in [0.717, 1.165) is 52.6 Å². The van der Waals surface area contributed by atoms with Crippen molar-refractivity contribution in [1.82, 2.24) is 20.4 Å². The predicted octanol–water partition coefficient (Wildman–Crippen LogP) is 5.52. The van der Waals surface area contributed by atoms with E-state index in [9.17, 15) is 0 Å². The van der Waals surface area contributed by atoms with Gasteiger partial charge in [-0.2, -0.15) is 4.98 Å². The van der Waals surface area contributed by atoms with Crippen molar-refractivity contribution >= 4 is 22.9 Å². The largest absolute Gasteiger partial charge is 0.497 e. The molecular formula is C25H28N4O2S. The van der Waals surface area contributed by atoms with Crippen molar-refractivity contribution < 1.29 is 9.26 Å². The number of hydrogen-bond donors (Lipinski definition) is 1. The summed E-state index contributed by atoms with van der Waals surface area (Å²) in [5.74, 6) is 1.76. The minimum Gasteiger partial charge on any atom is -0.497 e. The van der Waals surface area contributed by atoms with Crippen LogP contribution >= 0.6 is 12.2 Å². The number of unbranched alkanes of at least 4 members (excludes halogenated alkanes) is 1. The monoisotopic (exact) mass is 448 g/mol. The van der Waals surface area contributed by atoms with Gasteiger partial charge in [0, 0.05) is 17.8 Å². The van der Waals surface area contributed by atoms with Crippen molar-refractivity contribution in [2.24, 2.45) is 0 Å². The van der Waals surface area contributed by atoms with Crippen molar-refractivity contribution in [3.63, 3.8) is 0 Å². The summed E-state index contributed by atoms with van der Waals surface area (Å²) in [4.78, 5) is 6.90. The molecule has 0 radical (unpaired) electrons. The zero-order valence-electron chi connectivity index (χ0n) is 18.9. The molecule has 166 valence electrons. The third kappa shape index (κ3) is 4.39. The van der Waals surface area contributed by atoms with Gasteiger partial charge in [0.2, 0.25) is 5.82 Å². The first-order valence-corrected chi connectivity index (χ1v) is 11.3. The summed E-state index contributed by atoms with van der Waals surface area (Å²) >= 11 is 5.73. The third-order valence-corrected chi connectivity index (χ3v) is 6.06. The average Bonchev–Trinajstić information content (AvgIpc) is 3.29. The van der Waals surface area contributed by atoms with Crippen molar-refractivity contribution in [2.45, 2.75) is 39.7 Å². The third-order valence-electron chi connectivity index (χ3n) is 5.73.